The summed E-state index contributed by atoms with van der Waals surface area (Å²) >= 11 is 0. The lowest BCUT2D eigenvalue weighted by Crippen LogP contribution is -2.49. The summed E-state index contributed by atoms with van der Waals surface area (Å²) in [5.41, 5.74) is 4.08. The van der Waals surface area contributed by atoms with E-state index >= 15 is 0 Å². The highest BCUT2D eigenvalue weighted by molar-refractivity contribution is 5.79. The van der Waals surface area contributed by atoms with Crippen LogP contribution in [-0.2, 0) is 11.2 Å². The highest BCUT2D eigenvalue weighted by atomic mass is 16.2. The molecule has 0 saturated carbocycles. The van der Waals surface area contributed by atoms with Crippen LogP contribution in [-0.4, -0.2) is 61.8 Å². The molecule has 5 rings (SSSR count). The molecule has 0 atom stereocenters. The van der Waals surface area contributed by atoms with Gasteiger partial charge in [-0.1, -0.05) is 29.8 Å². The quantitative estimate of drug-likeness (QED) is 0.506. The maximum absolute atomic E-state index is 12.8. The number of carbonyl (C=O) groups excluding carboxylic acids is 1. The zero-order valence-corrected chi connectivity index (χ0v) is 18.2. The van der Waals surface area contributed by atoms with Crippen LogP contribution in [0.5, 0.6) is 0 Å². The third-order valence-corrected chi connectivity index (χ3v) is 5.69. The van der Waals surface area contributed by atoms with Crippen molar-refractivity contribution in [3.63, 3.8) is 0 Å². The molecule has 2 N–H and O–H groups in total. The van der Waals surface area contributed by atoms with Gasteiger partial charge in [-0.2, -0.15) is 10.1 Å². The Morgan fingerprint density at radius 3 is 2.69 bits per heavy atom. The van der Waals surface area contributed by atoms with Crippen molar-refractivity contribution < 1.29 is 4.79 Å². The molecule has 1 amide bonds. The molecule has 164 valence electrons. The summed E-state index contributed by atoms with van der Waals surface area (Å²) in [6.45, 7) is 6.68. The Kier molecular flexibility index (Phi) is 5.22. The summed E-state index contributed by atoms with van der Waals surface area (Å²) in [5.74, 6) is 2.20. The Labute approximate surface area is 186 Å². The molecule has 0 spiro atoms. The third kappa shape index (κ3) is 4.14. The highest BCUT2D eigenvalue weighted by Crippen LogP contribution is 2.22. The number of fused-ring (bicyclic) bond motifs is 1. The summed E-state index contributed by atoms with van der Waals surface area (Å²) < 4.78 is 1.82. The van der Waals surface area contributed by atoms with E-state index in [0.29, 0.717) is 50.2 Å². The van der Waals surface area contributed by atoms with Gasteiger partial charge < -0.3 is 15.1 Å². The molecule has 4 aromatic rings. The number of anilines is 3. The molecule has 0 aliphatic carbocycles. The number of aromatic amines is 1. The van der Waals surface area contributed by atoms with E-state index in [0.717, 1.165) is 16.8 Å². The lowest BCUT2D eigenvalue weighted by molar-refractivity contribution is -0.130. The Balaban J connectivity index is 1.29. The molecule has 0 bridgehead atoms. The molecular weight excluding hydrogens is 404 g/mol. The average molecular weight is 431 g/mol. The fourth-order valence-electron chi connectivity index (χ4n) is 4.02. The molecule has 4 heterocycles. The molecule has 1 aliphatic heterocycles. The van der Waals surface area contributed by atoms with Crippen LogP contribution in [0.1, 0.15) is 16.8 Å². The standard InChI is InChI=1S/C23H26N8O/c1-16-5-3-6-18(13-16)15-21(32)29-9-11-30(12-10-29)23-25-22(19-7-4-8-31(19)28-23)24-20-14-17(2)26-27-20/h3-8,13-14H,9-12,15H2,1-2H3,(H2,24,25,26,27,28). The van der Waals surface area contributed by atoms with Gasteiger partial charge >= 0.3 is 0 Å². The van der Waals surface area contributed by atoms with Crippen LogP contribution in [0, 0.1) is 13.8 Å². The fourth-order valence-corrected chi connectivity index (χ4v) is 4.02. The van der Waals surface area contributed by atoms with Crippen molar-refractivity contribution >= 4 is 29.0 Å². The first kappa shape index (κ1) is 20.0. The van der Waals surface area contributed by atoms with Gasteiger partial charge in [0.1, 0.15) is 5.52 Å². The Hall–Kier alpha value is -3.88. The monoisotopic (exact) mass is 430 g/mol. The van der Waals surface area contributed by atoms with Crippen LogP contribution >= 0.6 is 0 Å². The molecular formula is C23H26N8O. The van der Waals surface area contributed by atoms with Crippen LogP contribution in [0.4, 0.5) is 17.6 Å². The van der Waals surface area contributed by atoms with Gasteiger partial charge in [0, 0.05) is 44.1 Å². The van der Waals surface area contributed by atoms with E-state index < -0.39 is 0 Å². The van der Waals surface area contributed by atoms with Crippen molar-refractivity contribution in [3.05, 3.63) is 65.5 Å². The third-order valence-electron chi connectivity index (χ3n) is 5.69. The lowest BCUT2D eigenvalue weighted by Gasteiger charge is -2.35. The summed E-state index contributed by atoms with van der Waals surface area (Å²) in [6.07, 6.45) is 2.34. The summed E-state index contributed by atoms with van der Waals surface area (Å²) in [7, 11) is 0. The van der Waals surface area contributed by atoms with Crippen LogP contribution in [0.15, 0.2) is 48.7 Å². The van der Waals surface area contributed by atoms with E-state index in [1.165, 1.54) is 5.56 Å². The van der Waals surface area contributed by atoms with Gasteiger partial charge in [0.25, 0.3) is 0 Å². The SMILES string of the molecule is Cc1cccc(CC(=O)N2CCN(c3nc(Nc4cc(C)[nH]n4)c4cccn4n3)CC2)c1. The van der Waals surface area contributed by atoms with Gasteiger partial charge in [-0.25, -0.2) is 4.52 Å². The number of rotatable bonds is 5. The van der Waals surface area contributed by atoms with Gasteiger partial charge in [-0.3, -0.25) is 9.89 Å². The van der Waals surface area contributed by atoms with Crippen molar-refractivity contribution in [2.24, 2.45) is 0 Å². The second-order valence-electron chi connectivity index (χ2n) is 8.19. The smallest absolute Gasteiger partial charge is 0.245 e. The number of nitrogens with one attached hydrogen (secondary N) is 2. The van der Waals surface area contributed by atoms with E-state index in [9.17, 15) is 4.79 Å². The van der Waals surface area contributed by atoms with Crippen molar-refractivity contribution in [1.29, 1.82) is 0 Å². The van der Waals surface area contributed by atoms with Crippen molar-refractivity contribution in [3.8, 4) is 0 Å². The fraction of sp³-hybridized carbons (Fsp3) is 0.304. The van der Waals surface area contributed by atoms with E-state index in [1.54, 1.807) is 0 Å². The van der Waals surface area contributed by atoms with Gasteiger partial charge in [0.15, 0.2) is 11.6 Å². The number of carbonyl (C=O) groups is 1. The van der Waals surface area contributed by atoms with Crippen LogP contribution in [0.3, 0.4) is 0 Å². The molecule has 1 aromatic carbocycles. The molecule has 1 fully saturated rings. The van der Waals surface area contributed by atoms with Crippen molar-refractivity contribution in [2.45, 2.75) is 20.3 Å². The number of benzene rings is 1. The molecule has 1 aliphatic rings. The van der Waals surface area contributed by atoms with Crippen molar-refractivity contribution in [2.75, 3.05) is 36.4 Å². The van der Waals surface area contributed by atoms with Crippen LogP contribution in [0.2, 0.25) is 0 Å². The van der Waals surface area contributed by atoms with E-state index in [-0.39, 0.29) is 5.91 Å². The van der Waals surface area contributed by atoms with Gasteiger partial charge in [0.2, 0.25) is 11.9 Å². The molecule has 9 heteroatoms. The molecule has 3 aromatic heterocycles. The van der Waals surface area contributed by atoms with E-state index in [1.807, 2.05) is 65.9 Å². The Bertz CT molecular complexity index is 1250. The first-order chi connectivity index (χ1) is 15.5. The number of H-pyrrole nitrogens is 1. The van der Waals surface area contributed by atoms with Crippen LogP contribution in [0.25, 0.3) is 5.52 Å². The normalized spacial score (nSPS) is 14.2. The highest BCUT2D eigenvalue weighted by Gasteiger charge is 2.24. The number of hydrogen-bond donors (Lipinski definition) is 2. The minimum absolute atomic E-state index is 0.160. The molecule has 0 radical (unpaired) electrons. The summed E-state index contributed by atoms with van der Waals surface area (Å²) in [4.78, 5) is 21.6. The number of aryl methyl sites for hydroxylation is 2. The molecule has 1 saturated heterocycles. The minimum Gasteiger partial charge on any atom is -0.339 e. The number of piperazine rings is 1. The zero-order valence-electron chi connectivity index (χ0n) is 18.2. The van der Waals surface area contributed by atoms with E-state index in [4.69, 9.17) is 4.98 Å². The van der Waals surface area contributed by atoms with Gasteiger partial charge in [-0.15, -0.1) is 5.10 Å². The van der Waals surface area contributed by atoms with Crippen molar-refractivity contribution in [1.82, 2.24) is 29.7 Å². The number of nitrogens with zero attached hydrogens (tertiary/aromatic N) is 6. The topological polar surface area (TPSA) is 94.5 Å². The number of aromatic nitrogens is 5. The minimum atomic E-state index is 0.160. The van der Waals surface area contributed by atoms with Gasteiger partial charge in [-0.05, 0) is 31.5 Å². The predicted molar refractivity (Wildman–Crippen MR) is 123 cm³/mol. The second-order valence-corrected chi connectivity index (χ2v) is 8.19. The number of amides is 1. The predicted octanol–water partition coefficient (Wildman–Crippen LogP) is 2.70. The second kappa shape index (κ2) is 8.33. The molecule has 0 unspecified atom stereocenters. The molecule has 32 heavy (non-hydrogen) atoms. The first-order valence-electron chi connectivity index (χ1n) is 10.8. The zero-order chi connectivity index (χ0) is 22.1. The molecule has 9 nitrogen and oxygen atoms in total. The van der Waals surface area contributed by atoms with Crippen LogP contribution < -0.4 is 10.2 Å². The Morgan fingerprint density at radius 1 is 1.09 bits per heavy atom. The maximum atomic E-state index is 12.8. The van der Waals surface area contributed by atoms with E-state index in [2.05, 4.69) is 31.6 Å². The summed E-state index contributed by atoms with van der Waals surface area (Å²) in [5, 5.41) is 15.1. The average Bonchev–Trinajstić information content (AvgIpc) is 3.42. The number of hydrogen-bond acceptors (Lipinski definition) is 6. The largest absolute Gasteiger partial charge is 0.339 e. The van der Waals surface area contributed by atoms with Gasteiger partial charge in [0.05, 0.1) is 6.42 Å². The summed E-state index contributed by atoms with van der Waals surface area (Å²) in [6, 6.07) is 14.0. The maximum Gasteiger partial charge on any atom is 0.245 e. The lowest BCUT2D eigenvalue weighted by atomic mass is 10.1. The Morgan fingerprint density at radius 2 is 1.94 bits per heavy atom. The first-order valence-corrected chi connectivity index (χ1v) is 10.8.